The summed E-state index contributed by atoms with van der Waals surface area (Å²) in [5.74, 6) is 0.598. The van der Waals surface area contributed by atoms with Gasteiger partial charge in [0.2, 0.25) is 0 Å². The van der Waals surface area contributed by atoms with Gasteiger partial charge in [0.1, 0.15) is 4.33 Å². The molecule has 1 fully saturated rings. The van der Waals surface area contributed by atoms with Gasteiger partial charge in [-0.15, -0.1) is 23.2 Å². The molecule has 0 spiro atoms. The zero-order chi connectivity index (χ0) is 11.1. The number of alkyl halides is 2. The first-order chi connectivity index (χ1) is 7.17. The maximum absolute atomic E-state index is 5.97. The molecule has 2 heteroatoms. The molecule has 0 aromatic carbocycles. The van der Waals surface area contributed by atoms with Crippen LogP contribution in [0.2, 0.25) is 0 Å². The Kier molecular flexibility index (Phi) is 6.38. The van der Waals surface area contributed by atoms with Crippen molar-refractivity contribution >= 4 is 23.2 Å². The molecule has 1 saturated carbocycles. The molecule has 1 aliphatic carbocycles. The molecule has 0 radical (unpaired) electrons. The summed E-state index contributed by atoms with van der Waals surface area (Å²) in [6.45, 7) is 2.26. The molecule has 1 rings (SSSR count). The molecular formula is C13H24Cl2. The quantitative estimate of drug-likeness (QED) is 0.363. The molecule has 0 saturated heterocycles. The van der Waals surface area contributed by atoms with Crippen molar-refractivity contribution < 1.29 is 0 Å². The molecule has 0 aliphatic heterocycles. The Labute approximate surface area is 105 Å². The fourth-order valence-corrected chi connectivity index (χ4v) is 2.70. The van der Waals surface area contributed by atoms with Gasteiger partial charge in [0.25, 0.3) is 0 Å². The van der Waals surface area contributed by atoms with Gasteiger partial charge in [-0.3, -0.25) is 0 Å². The van der Waals surface area contributed by atoms with Gasteiger partial charge in [0, 0.05) is 0 Å². The molecule has 1 aliphatic rings. The summed E-state index contributed by atoms with van der Waals surface area (Å²) in [6, 6.07) is 0. The standard InChI is InChI=1S/C13H24Cl2/c1-2-3-4-5-6-7-8-9-10-12-11-13(12,14)15/h12H,2-11H2,1H3. The van der Waals surface area contributed by atoms with Gasteiger partial charge in [-0.05, 0) is 18.8 Å². The van der Waals surface area contributed by atoms with Crippen LogP contribution >= 0.6 is 23.2 Å². The highest BCUT2D eigenvalue weighted by Crippen LogP contribution is 2.55. The van der Waals surface area contributed by atoms with Crippen molar-refractivity contribution in [3.63, 3.8) is 0 Å². The molecule has 0 amide bonds. The summed E-state index contributed by atoms with van der Waals surface area (Å²) in [5.41, 5.74) is 0. The first-order valence-corrected chi connectivity index (χ1v) is 7.30. The lowest BCUT2D eigenvalue weighted by atomic mass is 10.1. The molecule has 0 bridgehead atoms. The van der Waals surface area contributed by atoms with Gasteiger partial charge in [0.15, 0.2) is 0 Å². The molecular weight excluding hydrogens is 227 g/mol. The van der Waals surface area contributed by atoms with Crippen LogP contribution in [-0.4, -0.2) is 4.33 Å². The van der Waals surface area contributed by atoms with Crippen LogP contribution in [0.4, 0.5) is 0 Å². The van der Waals surface area contributed by atoms with E-state index in [-0.39, 0.29) is 4.33 Å². The van der Waals surface area contributed by atoms with Gasteiger partial charge >= 0.3 is 0 Å². The van der Waals surface area contributed by atoms with Gasteiger partial charge in [0.05, 0.1) is 0 Å². The Morgan fingerprint density at radius 3 is 1.87 bits per heavy atom. The Balaban J connectivity index is 1.74. The maximum atomic E-state index is 5.97. The predicted octanol–water partition coefficient (Wildman–Crippen LogP) is 5.71. The summed E-state index contributed by atoms with van der Waals surface area (Å²) in [4.78, 5) is 0. The van der Waals surface area contributed by atoms with Crippen LogP contribution < -0.4 is 0 Å². The topological polar surface area (TPSA) is 0 Å². The van der Waals surface area contributed by atoms with E-state index in [0.717, 1.165) is 6.42 Å². The fourth-order valence-electron chi connectivity index (χ4n) is 2.11. The SMILES string of the molecule is CCCCCCCCCCC1CC1(Cl)Cl. The lowest BCUT2D eigenvalue weighted by molar-refractivity contribution is 0.550. The highest BCUT2D eigenvalue weighted by molar-refractivity contribution is 6.50. The maximum Gasteiger partial charge on any atom is 0.121 e. The lowest BCUT2D eigenvalue weighted by Gasteiger charge is -2.02. The Morgan fingerprint density at radius 1 is 0.933 bits per heavy atom. The van der Waals surface area contributed by atoms with E-state index in [1.165, 1.54) is 57.8 Å². The average Bonchev–Trinajstić information content (AvgIpc) is 2.79. The van der Waals surface area contributed by atoms with Gasteiger partial charge < -0.3 is 0 Å². The van der Waals surface area contributed by atoms with Crippen molar-refractivity contribution in [2.45, 2.75) is 75.5 Å². The molecule has 90 valence electrons. The molecule has 1 atom stereocenters. The van der Waals surface area contributed by atoms with E-state index in [1.807, 2.05) is 0 Å². The fraction of sp³-hybridized carbons (Fsp3) is 1.00. The highest BCUT2D eigenvalue weighted by Gasteiger charge is 2.50. The van der Waals surface area contributed by atoms with Crippen LogP contribution in [0.1, 0.15) is 71.1 Å². The summed E-state index contributed by atoms with van der Waals surface area (Å²) < 4.78 is -0.346. The third-order valence-electron chi connectivity index (χ3n) is 3.36. The van der Waals surface area contributed by atoms with Crippen molar-refractivity contribution in [1.82, 2.24) is 0 Å². The van der Waals surface area contributed by atoms with Crippen molar-refractivity contribution in [3.8, 4) is 0 Å². The van der Waals surface area contributed by atoms with Gasteiger partial charge in [-0.25, -0.2) is 0 Å². The van der Waals surface area contributed by atoms with Crippen LogP contribution in [0.15, 0.2) is 0 Å². The van der Waals surface area contributed by atoms with Crippen molar-refractivity contribution in [3.05, 3.63) is 0 Å². The average molecular weight is 251 g/mol. The summed E-state index contributed by atoms with van der Waals surface area (Å²) in [5, 5.41) is 0. The Hall–Kier alpha value is 0.580. The van der Waals surface area contributed by atoms with Crippen LogP contribution in [-0.2, 0) is 0 Å². The monoisotopic (exact) mass is 250 g/mol. The summed E-state index contributed by atoms with van der Waals surface area (Å²) in [7, 11) is 0. The Morgan fingerprint density at radius 2 is 1.40 bits per heavy atom. The summed E-state index contributed by atoms with van der Waals surface area (Å²) >= 11 is 11.9. The number of unbranched alkanes of at least 4 members (excludes halogenated alkanes) is 7. The van der Waals surface area contributed by atoms with E-state index in [9.17, 15) is 0 Å². The van der Waals surface area contributed by atoms with Gasteiger partial charge in [-0.1, -0.05) is 58.3 Å². The van der Waals surface area contributed by atoms with E-state index in [4.69, 9.17) is 23.2 Å². The number of hydrogen-bond acceptors (Lipinski definition) is 0. The van der Waals surface area contributed by atoms with Crippen molar-refractivity contribution in [2.75, 3.05) is 0 Å². The van der Waals surface area contributed by atoms with E-state index in [0.29, 0.717) is 5.92 Å². The number of halogens is 2. The second-order valence-electron chi connectivity index (χ2n) is 4.93. The first-order valence-electron chi connectivity index (χ1n) is 6.54. The molecule has 0 N–H and O–H groups in total. The third-order valence-corrected chi connectivity index (χ3v) is 4.29. The molecule has 0 nitrogen and oxygen atoms in total. The van der Waals surface area contributed by atoms with Crippen LogP contribution in [0, 0.1) is 5.92 Å². The zero-order valence-corrected chi connectivity index (χ0v) is 11.4. The van der Waals surface area contributed by atoms with Gasteiger partial charge in [-0.2, -0.15) is 0 Å². The lowest BCUT2D eigenvalue weighted by Crippen LogP contribution is -1.90. The van der Waals surface area contributed by atoms with E-state index < -0.39 is 0 Å². The third kappa shape index (κ3) is 6.02. The van der Waals surface area contributed by atoms with E-state index in [1.54, 1.807) is 0 Å². The highest BCUT2D eigenvalue weighted by atomic mass is 35.5. The largest absolute Gasteiger partial charge is 0.121 e. The second kappa shape index (κ2) is 7.01. The molecule has 0 aromatic rings. The molecule has 1 unspecified atom stereocenters. The van der Waals surface area contributed by atoms with Crippen molar-refractivity contribution in [2.24, 2.45) is 5.92 Å². The van der Waals surface area contributed by atoms with Crippen LogP contribution in [0.25, 0.3) is 0 Å². The smallest absolute Gasteiger partial charge is 0.101 e. The second-order valence-corrected chi connectivity index (χ2v) is 6.47. The molecule has 0 aromatic heterocycles. The minimum absolute atomic E-state index is 0.346. The van der Waals surface area contributed by atoms with E-state index in [2.05, 4.69) is 6.92 Å². The number of hydrogen-bond donors (Lipinski definition) is 0. The molecule has 15 heavy (non-hydrogen) atoms. The van der Waals surface area contributed by atoms with Crippen molar-refractivity contribution in [1.29, 1.82) is 0 Å². The Bertz CT molecular complexity index is 166. The first kappa shape index (κ1) is 13.6. The van der Waals surface area contributed by atoms with Crippen LogP contribution in [0.3, 0.4) is 0 Å². The zero-order valence-electron chi connectivity index (χ0n) is 9.90. The molecule has 0 heterocycles. The predicted molar refractivity (Wildman–Crippen MR) is 69.8 cm³/mol. The minimum atomic E-state index is -0.346. The summed E-state index contributed by atoms with van der Waals surface area (Å²) in [6.07, 6.45) is 13.3. The number of rotatable bonds is 9. The minimum Gasteiger partial charge on any atom is -0.101 e. The van der Waals surface area contributed by atoms with Crippen LogP contribution in [0.5, 0.6) is 0 Å². The van der Waals surface area contributed by atoms with E-state index >= 15 is 0 Å². The normalized spacial score (nSPS) is 23.0.